The zero-order valence-corrected chi connectivity index (χ0v) is 15.9. The van der Waals surface area contributed by atoms with Crippen molar-refractivity contribution in [1.29, 1.82) is 0 Å². The third-order valence-electron chi connectivity index (χ3n) is 5.70. The molecule has 0 N–H and O–H groups in total. The van der Waals surface area contributed by atoms with Crippen LogP contribution in [0.2, 0.25) is 0 Å². The third-order valence-corrected chi connectivity index (χ3v) is 5.70. The highest BCUT2D eigenvalue weighted by atomic mass is 35.5. The zero-order valence-electron chi connectivity index (χ0n) is 15.1. The van der Waals surface area contributed by atoms with Crippen LogP contribution in [0, 0.1) is 5.82 Å². The van der Waals surface area contributed by atoms with Crippen molar-refractivity contribution in [3.05, 3.63) is 65.2 Å². The summed E-state index contributed by atoms with van der Waals surface area (Å²) in [6.07, 6.45) is 8.72. The minimum atomic E-state index is -0.152. The van der Waals surface area contributed by atoms with E-state index in [0.717, 1.165) is 39.1 Å². The minimum Gasteiger partial charge on any atom is -0.300 e. The topological polar surface area (TPSA) is 19.4 Å². The first-order chi connectivity index (χ1) is 12.3. The molecule has 1 aliphatic carbocycles. The zero-order chi connectivity index (χ0) is 17.1. The molecule has 1 unspecified atom stereocenters. The van der Waals surface area contributed by atoms with Gasteiger partial charge in [-0.2, -0.15) is 0 Å². The number of benzene rings is 1. The molecule has 2 aromatic rings. The van der Waals surface area contributed by atoms with Gasteiger partial charge in [-0.05, 0) is 60.6 Å². The number of aryl methyl sites for hydroxylation is 1. The number of rotatable bonds is 4. The smallest absolute Gasteiger partial charge is 0.123 e. The monoisotopic (exact) mass is 375 g/mol. The van der Waals surface area contributed by atoms with E-state index < -0.39 is 0 Å². The van der Waals surface area contributed by atoms with Crippen molar-refractivity contribution in [2.75, 3.05) is 32.7 Å². The lowest BCUT2D eigenvalue weighted by Crippen LogP contribution is -2.48. The van der Waals surface area contributed by atoms with Crippen LogP contribution in [0.1, 0.15) is 35.6 Å². The molecule has 1 aliphatic heterocycles. The van der Waals surface area contributed by atoms with E-state index in [4.69, 9.17) is 0 Å². The molecule has 0 bridgehead atoms. The number of piperazine rings is 1. The van der Waals surface area contributed by atoms with E-state index >= 15 is 0 Å². The van der Waals surface area contributed by atoms with Crippen LogP contribution in [0.3, 0.4) is 0 Å². The molecule has 2 aliphatic rings. The first-order valence-electron chi connectivity index (χ1n) is 9.43. The van der Waals surface area contributed by atoms with Crippen LogP contribution in [0.15, 0.2) is 42.7 Å². The van der Waals surface area contributed by atoms with Gasteiger partial charge in [-0.1, -0.05) is 12.1 Å². The van der Waals surface area contributed by atoms with Gasteiger partial charge in [-0.15, -0.1) is 12.4 Å². The van der Waals surface area contributed by atoms with Gasteiger partial charge in [0.1, 0.15) is 5.82 Å². The summed E-state index contributed by atoms with van der Waals surface area (Å²) in [5.74, 6) is -0.152. The lowest BCUT2D eigenvalue weighted by molar-refractivity contribution is 0.0887. The Labute approximate surface area is 161 Å². The maximum atomic E-state index is 13.0. The second-order valence-corrected chi connectivity index (χ2v) is 7.24. The van der Waals surface area contributed by atoms with Crippen molar-refractivity contribution in [2.24, 2.45) is 0 Å². The summed E-state index contributed by atoms with van der Waals surface area (Å²) >= 11 is 0. The summed E-state index contributed by atoms with van der Waals surface area (Å²) in [6.45, 7) is 5.58. The van der Waals surface area contributed by atoms with E-state index in [1.807, 2.05) is 18.3 Å². The van der Waals surface area contributed by atoms with Crippen LogP contribution in [0.4, 0.5) is 4.39 Å². The number of hydrogen-bond acceptors (Lipinski definition) is 3. The molecule has 1 aromatic heterocycles. The van der Waals surface area contributed by atoms with Crippen LogP contribution in [0.5, 0.6) is 0 Å². The number of aromatic nitrogens is 1. The first-order valence-corrected chi connectivity index (χ1v) is 9.43. The third kappa shape index (κ3) is 4.43. The van der Waals surface area contributed by atoms with Crippen molar-refractivity contribution in [2.45, 2.75) is 31.7 Å². The van der Waals surface area contributed by atoms with E-state index in [0.29, 0.717) is 6.04 Å². The van der Waals surface area contributed by atoms with Gasteiger partial charge in [0.05, 0.1) is 0 Å². The van der Waals surface area contributed by atoms with Gasteiger partial charge in [0.2, 0.25) is 0 Å². The number of halogens is 2. The Morgan fingerprint density at radius 3 is 2.58 bits per heavy atom. The lowest BCUT2D eigenvalue weighted by Gasteiger charge is -2.41. The lowest BCUT2D eigenvalue weighted by atomic mass is 9.88. The Bertz CT molecular complexity index is 699. The molecule has 4 rings (SSSR count). The number of hydrogen-bond donors (Lipinski definition) is 0. The molecule has 1 fully saturated rings. The molecule has 0 amide bonds. The molecule has 2 heterocycles. The van der Waals surface area contributed by atoms with E-state index in [-0.39, 0.29) is 18.2 Å². The van der Waals surface area contributed by atoms with Crippen LogP contribution in [0.25, 0.3) is 0 Å². The van der Waals surface area contributed by atoms with Crippen molar-refractivity contribution in [1.82, 2.24) is 14.8 Å². The van der Waals surface area contributed by atoms with Gasteiger partial charge in [0.25, 0.3) is 0 Å². The largest absolute Gasteiger partial charge is 0.300 e. The number of nitrogens with zero attached hydrogens (tertiary/aromatic N) is 3. The molecule has 140 valence electrons. The van der Waals surface area contributed by atoms with Crippen molar-refractivity contribution in [3.8, 4) is 0 Å². The minimum absolute atomic E-state index is 0. The van der Waals surface area contributed by atoms with Crippen LogP contribution >= 0.6 is 12.4 Å². The first kappa shape index (κ1) is 19.3. The molecule has 1 aromatic carbocycles. The van der Waals surface area contributed by atoms with E-state index in [9.17, 15) is 4.39 Å². The predicted molar refractivity (Wildman–Crippen MR) is 105 cm³/mol. The molecular formula is C21H27ClFN3. The molecule has 0 radical (unpaired) electrons. The molecule has 1 saturated heterocycles. The Balaban J connectivity index is 0.00000196. The maximum Gasteiger partial charge on any atom is 0.123 e. The Morgan fingerprint density at radius 2 is 1.81 bits per heavy atom. The fourth-order valence-electron chi connectivity index (χ4n) is 4.23. The Kier molecular flexibility index (Phi) is 6.63. The van der Waals surface area contributed by atoms with E-state index in [1.165, 1.54) is 36.0 Å². The average Bonchev–Trinajstić information content (AvgIpc) is 2.68. The van der Waals surface area contributed by atoms with Gasteiger partial charge in [-0.3, -0.25) is 9.88 Å². The Morgan fingerprint density at radius 1 is 1.04 bits per heavy atom. The quantitative estimate of drug-likeness (QED) is 0.808. The average molecular weight is 376 g/mol. The maximum absolute atomic E-state index is 13.0. The summed E-state index contributed by atoms with van der Waals surface area (Å²) in [7, 11) is 0. The number of pyridine rings is 1. The second-order valence-electron chi connectivity index (χ2n) is 7.24. The van der Waals surface area contributed by atoms with Crippen molar-refractivity contribution < 1.29 is 4.39 Å². The summed E-state index contributed by atoms with van der Waals surface area (Å²) in [5, 5.41) is 0. The van der Waals surface area contributed by atoms with Gasteiger partial charge < -0.3 is 4.90 Å². The molecule has 3 nitrogen and oxygen atoms in total. The highest BCUT2D eigenvalue weighted by Crippen LogP contribution is 2.34. The van der Waals surface area contributed by atoms with Crippen LogP contribution in [-0.2, 0) is 12.8 Å². The molecule has 26 heavy (non-hydrogen) atoms. The normalized spacial score (nSPS) is 21.0. The fourth-order valence-corrected chi connectivity index (χ4v) is 4.23. The van der Waals surface area contributed by atoms with Gasteiger partial charge in [-0.25, -0.2) is 4.39 Å². The van der Waals surface area contributed by atoms with Gasteiger partial charge in [0.15, 0.2) is 0 Å². The SMILES string of the molecule is Cl.Fc1ccc(CCN2CCN(C3CCCc4cnccc43)CC2)cc1. The van der Waals surface area contributed by atoms with Crippen molar-refractivity contribution >= 4 is 12.4 Å². The molecule has 0 saturated carbocycles. The summed E-state index contributed by atoms with van der Waals surface area (Å²) in [5.41, 5.74) is 4.16. The molecule has 1 atom stereocenters. The van der Waals surface area contributed by atoms with E-state index in [2.05, 4.69) is 27.0 Å². The summed E-state index contributed by atoms with van der Waals surface area (Å²) < 4.78 is 13.0. The van der Waals surface area contributed by atoms with Crippen LogP contribution < -0.4 is 0 Å². The molecular weight excluding hydrogens is 349 g/mol. The standard InChI is InChI=1S/C21H26FN3.ClH/c22-19-6-4-17(5-7-19)9-11-24-12-14-25(15-13-24)21-3-1-2-18-16-23-10-8-20(18)21;/h4-8,10,16,21H,1-3,9,11-15H2;1H. The van der Waals surface area contributed by atoms with Crippen molar-refractivity contribution in [3.63, 3.8) is 0 Å². The summed E-state index contributed by atoms with van der Waals surface area (Å²) in [6, 6.07) is 9.72. The number of fused-ring (bicyclic) bond motifs is 1. The Hall–Kier alpha value is -1.49. The predicted octanol–water partition coefficient (Wildman–Crippen LogP) is 3.88. The van der Waals surface area contributed by atoms with Gasteiger partial charge in [0, 0.05) is 51.2 Å². The second kappa shape index (κ2) is 8.94. The highest BCUT2D eigenvalue weighted by molar-refractivity contribution is 5.85. The molecule has 5 heteroatoms. The van der Waals surface area contributed by atoms with Crippen LogP contribution in [-0.4, -0.2) is 47.5 Å². The van der Waals surface area contributed by atoms with E-state index in [1.54, 1.807) is 12.1 Å². The molecule has 0 spiro atoms. The van der Waals surface area contributed by atoms with Gasteiger partial charge >= 0.3 is 0 Å². The highest BCUT2D eigenvalue weighted by Gasteiger charge is 2.28. The fraction of sp³-hybridized carbons (Fsp3) is 0.476. The summed E-state index contributed by atoms with van der Waals surface area (Å²) in [4.78, 5) is 9.49.